The number of nitrogens with zero attached hydrogens (tertiary/aromatic N) is 1. The van der Waals surface area contributed by atoms with Crippen LogP contribution in [-0.4, -0.2) is 36.5 Å². The minimum atomic E-state index is 0.139. The monoisotopic (exact) mass is 256 g/mol. The zero-order chi connectivity index (χ0) is 13.1. The predicted molar refractivity (Wildman–Crippen MR) is 76.6 cm³/mol. The molecule has 2 atom stereocenters. The number of carbonyl (C=O) groups is 1. The van der Waals surface area contributed by atoms with Gasteiger partial charge in [0.05, 0.1) is 0 Å². The molecule has 19 heavy (non-hydrogen) atoms. The van der Waals surface area contributed by atoms with Crippen LogP contribution in [0, 0.1) is 5.92 Å². The van der Waals surface area contributed by atoms with Gasteiger partial charge in [0.15, 0.2) is 0 Å². The van der Waals surface area contributed by atoms with Gasteiger partial charge in [-0.2, -0.15) is 0 Å². The minimum Gasteiger partial charge on any atom is -0.337 e. The van der Waals surface area contributed by atoms with E-state index in [2.05, 4.69) is 5.32 Å². The van der Waals surface area contributed by atoms with Gasteiger partial charge in [0.1, 0.15) is 0 Å². The lowest BCUT2D eigenvalue weighted by molar-refractivity contribution is -0.125. The van der Waals surface area contributed by atoms with Gasteiger partial charge in [-0.25, -0.2) is 0 Å². The van der Waals surface area contributed by atoms with Crippen LogP contribution in [0.2, 0.25) is 0 Å². The molecule has 2 aliphatic heterocycles. The molecule has 0 aromatic heterocycles. The summed E-state index contributed by atoms with van der Waals surface area (Å²) in [5, 5.41) is 3.52. The molecule has 0 bridgehead atoms. The first kappa shape index (κ1) is 12.4. The highest BCUT2D eigenvalue weighted by Gasteiger charge is 2.35. The van der Waals surface area contributed by atoms with Gasteiger partial charge in [-0.15, -0.1) is 0 Å². The minimum absolute atomic E-state index is 0.139. The molecular weight excluding hydrogens is 236 g/mol. The first-order valence-corrected chi connectivity index (χ1v) is 7.08. The van der Waals surface area contributed by atoms with Crippen LogP contribution in [0.15, 0.2) is 36.4 Å². The Bertz CT molecular complexity index is 455. The van der Waals surface area contributed by atoms with Crippen LogP contribution in [0.1, 0.15) is 18.4 Å². The van der Waals surface area contributed by atoms with Crippen LogP contribution in [-0.2, 0) is 4.79 Å². The van der Waals surface area contributed by atoms with E-state index in [1.54, 1.807) is 6.08 Å². The SMILES string of the molecule is O=C(/C=C/c1ccccc1)N1C[C@@H]2CCCN[C@@H]2C1. The van der Waals surface area contributed by atoms with Gasteiger partial charge in [-0.05, 0) is 36.9 Å². The highest BCUT2D eigenvalue weighted by Crippen LogP contribution is 2.25. The zero-order valence-electron chi connectivity index (χ0n) is 11.1. The molecular formula is C16H20N2O. The molecule has 2 saturated heterocycles. The molecule has 100 valence electrons. The summed E-state index contributed by atoms with van der Waals surface area (Å²) in [5.41, 5.74) is 1.07. The number of nitrogens with one attached hydrogen (secondary N) is 1. The average molecular weight is 256 g/mol. The van der Waals surface area contributed by atoms with Crippen molar-refractivity contribution in [2.24, 2.45) is 5.92 Å². The Morgan fingerprint density at radius 2 is 2.11 bits per heavy atom. The number of benzene rings is 1. The molecule has 2 fully saturated rings. The summed E-state index contributed by atoms with van der Waals surface area (Å²) in [5.74, 6) is 0.794. The van der Waals surface area contributed by atoms with E-state index in [1.807, 2.05) is 41.3 Å². The fourth-order valence-corrected chi connectivity index (χ4v) is 3.06. The van der Waals surface area contributed by atoms with E-state index in [0.717, 1.165) is 25.2 Å². The van der Waals surface area contributed by atoms with E-state index in [4.69, 9.17) is 0 Å². The van der Waals surface area contributed by atoms with Crippen LogP contribution in [0.25, 0.3) is 6.08 Å². The van der Waals surface area contributed by atoms with Gasteiger partial charge < -0.3 is 10.2 Å². The summed E-state index contributed by atoms with van der Waals surface area (Å²) >= 11 is 0. The molecule has 1 N–H and O–H groups in total. The second-order valence-electron chi connectivity index (χ2n) is 5.45. The number of hydrogen-bond donors (Lipinski definition) is 1. The maximum Gasteiger partial charge on any atom is 0.246 e. The topological polar surface area (TPSA) is 32.3 Å². The van der Waals surface area contributed by atoms with Gasteiger partial charge in [0.25, 0.3) is 0 Å². The van der Waals surface area contributed by atoms with Gasteiger partial charge in [0.2, 0.25) is 5.91 Å². The molecule has 3 rings (SSSR count). The maximum absolute atomic E-state index is 12.2. The molecule has 1 aromatic carbocycles. The summed E-state index contributed by atoms with van der Waals surface area (Å²) in [4.78, 5) is 14.2. The van der Waals surface area contributed by atoms with Crippen molar-refractivity contribution in [1.82, 2.24) is 10.2 Å². The van der Waals surface area contributed by atoms with E-state index < -0.39 is 0 Å². The number of amides is 1. The number of piperidine rings is 1. The smallest absolute Gasteiger partial charge is 0.246 e. The first-order valence-electron chi connectivity index (χ1n) is 7.08. The van der Waals surface area contributed by atoms with Crippen LogP contribution in [0.3, 0.4) is 0 Å². The van der Waals surface area contributed by atoms with Gasteiger partial charge in [0, 0.05) is 25.2 Å². The Kier molecular flexibility index (Phi) is 3.65. The molecule has 0 unspecified atom stereocenters. The third-order valence-electron chi connectivity index (χ3n) is 4.13. The van der Waals surface area contributed by atoms with Gasteiger partial charge >= 0.3 is 0 Å². The highest BCUT2D eigenvalue weighted by atomic mass is 16.2. The van der Waals surface area contributed by atoms with Gasteiger partial charge in [-0.1, -0.05) is 30.3 Å². The van der Waals surface area contributed by atoms with Crippen LogP contribution >= 0.6 is 0 Å². The van der Waals surface area contributed by atoms with Crippen LogP contribution in [0.4, 0.5) is 0 Å². The van der Waals surface area contributed by atoms with Crippen LogP contribution in [0.5, 0.6) is 0 Å². The molecule has 0 aliphatic carbocycles. The lowest BCUT2D eigenvalue weighted by Gasteiger charge is -2.24. The largest absolute Gasteiger partial charge is 0.337 e. The lowest BCUT2D eigenvalue weighted by atomic mass is 9.94. The van der Waals surface area contributed by atoms with Crippen molar-refractivity contribution in [1.29, 1.82) is 0 Å². The molecule has 0 saturated carbocycles. The van der Waals surface area contributed by atoms with E-state index in [9.17, 15) is 4.79 Å². The second-order valence-corrected chi connectivity index (χ2v) is 5.45. The molecule has 0 radical (unpaired) electrons. The number of hydrogen-bond acceptors (Lipinski definition) is 2. The molecule has 2 heterocycles. The Balaban J connectivity index is 1.61. The standard InChI is InChI=1S/C16H20N2O/c19-16(9-8-13-5-2-1-3-6-13)18-11-14-7-4-10-17-15(14)12-18/h1-3,5-6,8-9,14-15,17H,4,7,10-12H2/b9-8+/t14-,15+/m0/s1. The predicted octanol–water partition coefficient (Wildman–Crippen LogP) is 1.91. The van der Waals surface area contributed by atoms with E-state index in [1.165, 1.54) is 12.8 Å². The Labute approximate surface area is 114 Å². The number of rotatable bonds is 2. The Hall–Kier alpha value is -1.61. The van der Waals surface area contributed by atoms with Crippen molar-refractivity contribution < 1.29 is 4.79 Å². The molecule has 1 amide bonds. The molecule has 3 nitrogen and oxygen atoms in total. The average Bonchev–Trinajstić information content (AvgIpc) is 2.90. The fourth-order valence-electron chi connectivity index (χ4n) is 3.06. The van der Waals surface area contributed by atoms with Gasteiger partial charge in [-0.3, -0.25) is 4.79 Å². The molecule has 1 aromatic rings. The summed E-state index contributed by atoms with van der Waals surface area (Å²) in [6, 6.07) is 10.5. The fraction of sp³-hybridized carbons (Fsp3) is 0.438. The Morgan fingerprint density at radius 1 is 1.26 bits per heavy atom. The first-order chi connectivity index (χ1) is 9.33. The normalized spacial score (nSPS) is 26.6. The van der Waals surface area contributed by atoms with Crippen molar-refractivity contribution in [3.63, 3.8) is 0 Å². The van der Waals surface area contributed by atoms with Crippen molar-refractivity contribution in [3.8, 4) is 0 Å². The molecule has 2 aliphatic rings. The summed E-state index contributed by atoms with van der Waals surface area (Å²) in [6.45, 7) is 2.88. The number of fused-ring (bicyclic) bond motifs is 1. The van der Waals surface area contributed by atoms with Crippen molar-refractivity contribution in [2.75, 3.05) is 19.6 Å². The summed E-state index contributed by atoms with van der Waals surface area (Å²) < 4.78 is 0. The van der Waals surface area contributed by atoms with Crippen molar-refractivity contribution in [2.45, 2.75) is 18.9 Å². The number of carbonyl (C=O) groups excluding carboxylic acids is 1. The van der Waals surface area contributed by atoms with Crippen LogP contribution < -0.4 is 5.32 Å². The molecule has 3 heteroatoms. The Morgan fingerprint density at radius 3 is 2.89 bits per heavy atom. The zero-order valence-corrected chi connectivity index (χ0v) is 11.1. The summed E-state index contributed by atoms with van der Waals surface area (Å²) in [7, 11) is 0. The molecule has 0 spiro atoms. The summed E-state index contributed by atoms with van der Waals surface area (Å²) in [6.07, 6.45) is 6.09. The highest BCUT2D eigenvalue weighted by molar-refractivity contribution is 5.92. The number of likely N-dealkylation sites (tertiary alicyclic amines) is 1. The third-order valence-corrected chi connectivity index (χ3v) is 4.13. The third kappa shape index (κ3) is 2.87. The second kappa shape index (κ2) is 5.57. The maximum atomic E-state index is 12.2. The quantitative estimate of drug-likeness (QED) is 0.820. The van der Waals surface area contributed by atoms with E-state index in [-0.39, 0.29) is 5.91 Å². The lowest BCUT2D eigenvalue weighted by Crippen LogP contribution is -2.40. The van der Waals surface area contributed by atoms with Crippen molar-refractivity contribution in [3.05, 3.63) is 42.0 Å². The van der Waals surface area contributed by atoms with Crippen molar-refractivity contribution >= 4 is 12.0 Å². The van der Waals surface area contributed by atoms with E-state index >= 15 is 0 Å². The van der Waals surface area contributed by atoms with E-state index in [0.29, 0.717) is 12.0 Å².